The van der Waals surface area contributed by atoms with Crippen molar-refractivity contribution in [3.63, 3.8) is 0 Å². The van der Waals surface area contributed by atoms with Gasteiger partial charge >= 0.3 is 0 Å². The van der Waals surface area contributed by atoms with Crippen molar-refractivity contribution in [2.45, 2.75) is 19.4 Å². The predicted molar refractivity (Wildman–Crippen MR) is 78.4 cm³/mol. The van der Waals surface area contributed by atoms with Crippen molar-refractivity contribution in [1.29, 1.82) is 0 Å². The van der Waals surface area contributed by atoms with Crippen molar-refractivity contribution < 1.29 is 4.79 Å². The summed E-state index contributed by atoms with van der Waals surface area (Å²) in [4.78, 5) is 14.1. The Morgan fingerprint density at radius 3 is 3.05 bits per heavy atom. The summed E-state index contributed by atoms with van der Waals surface area (Å²) in [6, 6.07) is 5.88. The van der Waals surface area contributed by atoms with E-state index in [1.165, 1.54) is 11.1 Å². The monoisotopic (exact) mass is 283 g/mol. The number of hydrogen-bond donors (Lipinski definition) is 0. The van der Waals surface area contributed by atoms with Gasteiger partial charge in [-0.05, 0) is 46.5 Å². The number of aromatic nitrogens is 4. The zero-order valence-electron chi connectivity index (χ0n) is 12.2. The van der Waals surface area contributed by atoms with Crippen molar-refractivity contribution in [3.8, 4) is 0 Å². The Morgan fingerprint density at radius 1 is 1.43 bits per heavy atom. The van der Waals surface area contributed by atoms with Crippen LogP contribution >= 0.6 is 0 Å². The van der Waals surface area contributed by atoms with E-state index in [1.54, 1.807) is 23.7 Å². The number of aryl methyl sites for hydroxylation is 2. The number of hydrogen-bond acceptors (Lipinski definition) is 4. The molecule has 0 N–H and O–H groups in total. The van der Waals surface area contributed by atoms with Gasteiger partial charge < -0.3 is 4.90 Å². The van der Waals surface area contributed by atoms with E-state index in [0.717, 1.165) is 12.8 Å². The fourth-order valence-corrected chi connectivity index (χ4v) is 2.45. The van der Waals surface area contributed by atoms with Crippen molar-refractivity contribution in [2.75, 3.05) is 7.05 Å². The smallest absolute Gasteiger partial charge is 0.254 e. The molecule has 0 aliphatic heterocycles. The molecule has 0 unspecified atom stereocenters. The molecule has 108 valence electrons. The first-order chi connectivity index (χ1) is 10.1. The van der Waals surface area contributed by atoms with Gasteiger partial charge in [-0.15, -0.1) is 5.10 Å². The van der Waals surface area contributed by atoms with Crippen LogP contribution in [0.1, 0.15) is 33.7 Å². The molecule has 21 heavy (non-hydrogen) atoms. The van der Waals surface area contributed by atoms with Crippen molar-refractivity contribution in [1.82, 2.24) is 25.1 Å². The average molecular weight is 283 g/mol. The number of amides is 1. The number of carbonyl (C=O) groups is 1. The van der Waals surface area contributed by atoms with Gasteiger partial charge in [0.25, 0.3) is 5.91 Å². The van der Waals surface area contributed by atoms with Crippen molar-refractivity contribution in [2.24, 2.45) is 7.05 Å². The Hall–Kier alpha value is -2.50. The van der Waals surface area contributed by atoms with Gasteiger partial charge in [0.2, 0.25) is 0 Å². The minimum absolute atomic E-state index is 0.0182. The molecule has 6 heteroatoms. The Balaban J connectivity index is 1.78. The van der Waals surface area contributed by atoms with E-state index in [2.05, 4.69) is 27.7 Å². The zero-order chi connectivity index (χ0) is 14.8. The molecule has 1 aromatic carbocycles. The molecule has 3 rings (SSSR count). The summed E-state index contributed by atoms with van der Waals surface area (Å²) in [6.07, 6.45) is 6.30. The van der Waals surface area contributed by atoms with Gasteiger partial charge in [-0.3, -0.25) is 4.79 Å². The van der Waals surface area contributed by atoms with E-state index in [1.807, 2.05) is 18.2 Å². The van der Waals surface area contributed by atoms with Gasteiger partial charge in [-0.1, -0.05) is 18.2 Å². The molecule has 0 radical (unpaired) electrons. The first kappa shape index (κ1) is 13.5. The summed E-state index contributed by atoms with van der Waals surface area (Å²) in [5.41, 5.74) is 3.15. The van der Waals surface area contributed by atoms with E-state index in [9.17, 15) is 4.79 Å². The highest BCUT2D eigenvalue weighted by Crippen LogP contribution is 2.21. The number of nitrogens with zero attached hydrogens (tertiary/aromatic N) is 5. The molecule has 1 amide bonds. The molecular weight excluding hydrogens is 266 g/mol. The molecule has 0 fully saturated rings. The average Bonchev–Trinajstić information content (AvgIpc) is 2.91. The lowest BCUT2D eigenvalue weighted by molar-refractivity contribution is 0.0780. The molecule has 1 aliphatic carbocycles. The molecule has 2 aromatic rings. The lowest BCUT2D eigenvalue weighted by Crippen LogP contribution is -2.27. The summed E-state index contributed by atoms with van der Waals surface area (Å²) in [7, 11) is 3.52. The molecule has 1 heterocycles. The van der Waals surface area contributed by atoms with Crippen LogP contribution in [0.2, 0.25) is 0 Å². The van der Waals surface area contributed by atoms with Gasteiger partial charge in [-0.2, -0.15) is 0 Å². The highest BCUT2D eigenvalue weighted by atomic mass is 16.2. The van der Waals surface area contributed by atoms with E-state index in [-0.39, 0.29) is 5.91 Å². The summed E-state index contributed by atoms with van der Waals surface area (Å²) < 4.78 is 1.57. The number of benzene rings is 1. The second-order valence-electron chi connectivity index (χ2n) is 5.23. The van der Waals surface area contributed by atoms with Crippen LogP contribution in [0.3, 0.4) is 0 Å². The molecule has 1 aromatic heterocycles. The van der Waals surface area contributed by atoms with Gasteiger partial charge in [0.15, 0.2) is 5.82 Å². The van der Waals surface area contributed by atoms with Gasteiger partial charge in [0.05, 0.1) is 6.54 Å². The quantitative estimate of drug-likeness (QED) is 0.855. The second kappa shape index (κ2) is 5.47. The van der Waals surface area contributed by atoms with Gasteiger partial charge in [-0.25, -0.2) is 4.68 Å². The molecular formula is C15H17N5O. The lowest BCUT2D eigenvalue weighted by atomic mass is 9.95. The summed E-state index contributed by atoms with van der Waals surface area (Å²) in [5, 5.41) is 11.3. The maximum atomic E-state index is 12.5. The highest BCUT2D eigenvalue weighted by molar-refractivity contribution is 5.94. The van der Waals surface area contributed by atoms with E-state index < -0.39 is 0 Å². The van der Waals surface area contributed by atoms with Crippen LogP contribution in [0.25, 0.3) is 6.08 Å². The van der Waals surface area contributed by atoms with Crippen LogP contribution in [0.15, 0.2) is 24.3 Å². The first-order valence-electron chi connectivity index (χ1n) is 6.91. The highest BCUT2D eigenvalue weighted by Gasteiger charge is 2.16. The zero-order valence-corrected chi connectivity index (χ0v) is 12.2. The summed E-state index contributed by atoms with van der Waals surface area (Å²) >= 11 is 0. The van der Waals surface area contributed by atoms with Gasteiger partial charge in [0, 0.05) is 19.7 Å². The Kier molecular flexibility index (Phi) is 3.51. The van der Waals surface area contributed by atoms with E-state index >= 15 is 0 Å². The summed E-state index contributed by atoms with van der Waals surface area (Å²) in [5.74, 6) is 0.641. The topological polar surface area (TPSA) is 63.9 Å². The van der Waals surface area contributed by atoms with Crippen molar-refractivity contribution >= 4 is 12.0 Å². The van der Waals surface area contributed by atoms with E-state index in [4.69, 9.17) is 0 Å². The Morgan fingerprint density at radius 2 is 2.29 bits per heavy atom. The minimum atomic E-state index is -0.0182. The van der Waals surface area contributed by atoms with Crippen LogP contribution in [-0.4, -0.2) is 38.1 Å². The normalized spacial score (nSPS) is 13.0. The van der Waals surface area contributed by atoms with Crippen LogP contribution < -0.4 is 0 Å². The molecule has 1 aliphatic rings. The van der Waals surface area contributed by atoms with Crippen LogP contribution in [0.4, 0.5) is 0 Å². The number of allylic oxidation sites excluding steroid dienone is 1. The minimum Gasteiger partial charge on any atom is -0.334 e. The molecule has 0 saturated carbocycles. The molecule has 0 spiro atoms. The predicted octanol–water partition coefficient (Wildman–Crippen LogP) is 1.44. The fourth-order valence-electron chi connectivity index (χ4n) is 2.45. The molecule has 0 atom stereocenters. The van der Waals surface area contributed by atoms with Crippen LogP contribution in [0.5, 0.6) is 0 Å². The molecule has 0 bridgehead atoms. The maximum absolute atomic E-state index is 12.5. The fraction of sp³-hybridized carbons (Fsp3) is 0.333. The first-order valence-corrected chi connectivity index (χ1v) is 6.91. The van der Waals surface area contributed by atoms with Crippen molar-refractivity contribution in [3.05, 3.63) is 46.8 Å². The standard InChI is InChI=1S/C15H17N5O/c1-19(10-14-16-17-18-20(14)2)15(21)13-8-7-11-5-3-4-6-12(11)9-13/h3,5,7-9H,4,6,10H2,1-2H3. The third-order valence-corrected chi connectivity index (χ3v) is 3.70. The summed E-state index contributed by atoms with van der Waals surface area (Å²) in [6.45, 7) is 0.388. The number of tetrazole rings is 1. The maximum Gasteiger partial charge on any atom is 0.254 e. The number of rotatable bonds is 3. The van der Waals surface area contributed by atoms with Gasteiger partial charge in [0.1, 0.15) is 0 Å². The lowest BCUT2D eigenvalue weighted by Gasteiger charge is -2.18. The molecule has 6 nitrogen and oxygen atoms in total. The third-order valence-electron chi connectivity index (χ3n) is 3.70. The van der Waals surface area contributed by atoms with E-state index in [0.29, 0.717) is 17.9 Å². The van der Waals surface area contributed by atoms with Crippen LogP contribution in [0, 0.1) is 0 Å². The SMILES string of the molecule is CN(Cc1nnnn1C)C(=O)c1ccc2c(c1)CCC=C2. The number of fused-ring (bicyclic) bond motifs is 1. The largest absolute Gasteiger partial charge is 0.334 e. The molecule has 0 saturated heterocycles. The second-order valence-corrected chi connectivity index (χ2v) is 5.23. The Bertz CT molecular complexity index is 704. The Labute approximate surface area is 123 Å². The third kappa shape index (κ3) is 2.69. The van der Waals surface area contributed by atoms with Crippen LogP contribution in [-0.2, 0) is 20.0 Å². The number of carbonyl (C=O) groups excluding carboxylic acids is 1.